The minimum absolute atomic E-state index is 0.00432. The molecule has 3 aromatic rings. The summed E-state index contributed by atoms with van der Waals surface area (Å²) >= 11 is 0. The number of aromatic nitrogens is 3. The highest BCUT2D eigenvalue weighted by atomic mass is 16.3. The molecule has 1 amide bonds. The number of benzene rings is 1. The summed E-state index contributed by atoms with van der Waals surface area (Å²) in [5, 5.41) is 9.19. The molecule has 0 radical (unpaired) electrons. The maximum absolute atomic E-state index is 13.2. The Labute approximate surface area is 180 Å². The van der Waals surface area contributed by atoms with Crippen molar-refractivity contribution in [1.82, 2.24) is 19.0 Å². The maximum Gasteiger partial charge on any atom is 0.261 e. The quantitative estimate of drug-likeness (QED) is 0.702. The molecule has 0 aliphatic carbocycles. The second kappa shape index (κ2) is 7.81. The average Bonchev–Trinajstić information content (AvgIpc) is 3.20. The monoisotopic (exact) mass is 418 g/mol. The van der Waals surface area contributed by atoms with Gasteiger partial charge in [-0.15, -0.1) is 0 Å². The van der Waals surface area contributed by atoms with Crippen LogP contribution < -0.4 is 5.56 Å². The summed E-state index contributed by atoms with van der Waals surface area (Å²) in [6.45, 7) is 1.97. The van der Waals surface area contributed by atoms with Crippen LogP contribution in [0, 0.1) is 5.92 Å². The zero-order chi connectivity index (χ0) is 21.5. The Morgan fingerprint density at radius 3 is 2.58 bits per heavy atom. The Bertz CT molecular complexity index is 1180. The number of aryl methyl sites for hydroxylation is 1. The van der Waals surface area contributed by atoms with Crippen LogP contribution in [0.1, 0.15) is 29.2 Å². The van der Waals surface area contributed by atoms with Crippen molar-refractivity contribution in [3.63, 3.8) is 0 Å². The van der Waals surface area contributed by atoms with Gasteiger partial charge in [-0.25, -0.2) is 4.98 Å². The number of likely N-dealkylation sites (tertiary alicyclic amines) is 1. The maximum atomic E-state index is 13.2. The van der Waals surface area contributed by atoms with E-state index in [2.05, 4.69) is 4.98 Å². The van der Waals surface area contributed by atoms with Crippen LogP contribution >= 0.6 is 0 Å². The fourth-order valence-corrected chi connectivity index (χ4v) is 4.99. The average molecular weight is 418 g/mol. The first-order valence-corrected chi connectivity index (χ1v) is 10.7. The number of nitrogens with zero attached hydrogens (tertiary/aromatic N) is 4. The molecule has 2 atom stereocenters. The molecule has 160 valence electrons. The van der Waals surface area contributed by atoms with Gasteiger partial charge in [-0.2, -0.15) is 0 Å². The van der Waals surface area contributed by atoms with Crippen LogP contribution in [0.3, 0.4) is 0 Å². The third-order valence-corrected chi connectivity index (χ3v) is 6.58. The SMILES string of the molecule is Cn1ccnc1-c1ccc2n(c1=O)C[C@H]1C[C@@H]2CN(C(=O)Cc2ccc(CO)cc2)C1. The van der Waals surface area contributed by atoms with E-state index in [-0.39, 0.29) is 29.9 Å². The number of fused-ring (bicyclic) bond motifs is 4. The van der Waals surface area contributed by atoms with Gasteiger partial charge in [0.05, 0.1) is 18.6 Å². The van der Waals surface area contributed by atoms with E-state index in [0.717, 1.165) is 23.2 Å². The molecule has 2 aliphatic rings. The predicted molar refractivity (Wildman–Crippen MR) is 116 cm³/mol. The van der Waals surface area contributed by atoms with Gasteiger partial charge in [0.2, 0.25) is 5.91 Å². The molecule has 1 N–H and O–H groups in total. The number of piperidine rings is 1. The minimum Gasteiger partial charge on any atom is -0.392 e. The minimum atomic E-state index is 0.00432. The van der Waals surface area contributed by atoms with Crippen molar-refractivity contribution < 1.29 is 9.90 Å². The summed E-state index contributed by atoms with van der Waals surface area (Å²) < 4.78 is 3.76. The number of aliphatic hydroxyl groups is 1. The molecule has 7 nitrogen and oxygen atoms in total. The summed E-state index contributed by atoms with van der Waals surface area (Å²) in [7, 11) is 1.89. The molecule has 4 heterocycles. The first-order valence-electron chi connectivity index (χ1n) is 10.7. The van der Waals surface area contributed by atoms with E-state index in [1.165, 1.54) is 0 Å². The number of carbonyl (C=O) groups excluding carboxylic acids is 1. The van der Waals surface area contributed by atoms with Gasteiger partial charge in [-0.3, -0.25) is 9.59 Å². The zero-order valence-corrected chi connectivity index (χ0v) is 17.6. The molecular formula is C24H26N4O3. The van der Waals surface area contributed by atoms with Crippen LogP contribution in [0.4, 0.5) is 0 Å². The van der Waals surface area contributed by atoms with E-state index in [9.17, 15) is 14.7 Å². The first-order chi connectivity index (χ1) is 15.0. The second-order valence-electron chi connectivity index (χ2n) is 8.70. The standard InChI is InChI=1S/C24H26N4O3/c1-26-9-8-25-23(26)20-6-7-21-19-10-18(13-28(21)24(20)31)12-27(14-19)22(30)11-16-2-4-17(15-29)5-3-16/h2-9,18-19,29H,10-15H2,1H3/t18-,19+/m0/s1. The molecular weight excluding hydrogens is 392 g/mol. The number of amides is 1. The molecule has 31 heavy (non-hydrogen) atoms. The van der Waals surface area contributed by atoms with Crippen molar-refractivity contribution in [2.24, 2.45) is 13.0 Å². The normalized spacial score (nSPS) is 19.9. The van der Waals surface area contributed by atoms with Crippen LogP contribution in [-0.2, 0) is 31.4 Å². The molecule has 5 rings (SSSR count). The van der Waals surface area contributed by atoms with Gasteiger partial charge in [0.25, 0.3) is 5.56 Å². The fraction of sp³-hybridized carbons (Fsp3) is 0.375. The highest BCUT2D eigenvalue weighted by molar-refractivity contribution is 5.79. The van der Waals surface area contributed by atoms with E-state index in [0.29, 0.717) is 37.4 Å². The van der Waals surface area contributed by atoms with Gasteiger partial charge in [-0.05, 0) is 35.6 Å². The highest BCUT2D eigenvalue weighted by Gasteiger charge is 2.36. The molecule has 1 saturated heterocycles. The molecule has 0 unspecified atom stereocenters. The molecule has 7 heteroatoms. The van der Waals surface area contributed by atoms with Crippen LogP contribution in [0.25, 0.3) is 11.4 Å². The number of aliphatic hydroxyl groups excluding tert-OH is 1. The largest absolute Gasteiger partial charge is 0.392 e. The van der Waals surface area contributed by atoms with Gasteiger partial charge in [0, 0.05) is 50.7 Å². The van der Waals surface area contributed by atoms with Gasteiger partial charge < -0.3 is 19.1 Å². The van der Waals surface area contributed by atoms with E-state index < -0.39 is 0 Å². The first kappa shape index (κ1) is 19.8. The van der Waals surface area contributed by atoms with E-state index in [1.807, 2.05) is 63.7 Å². The lowest BCUT2D eigenvalue weighted by Gasteiger charge is -2.43. The smallest absolute Gasteiger partial charge is 0.261 e. The molecule has 0 spiro atoms. The van der Waals surface area contributed by atoms with Crippen LogP contribution in [0.2, 0.25) is 0 Å². The van der Waals surface area contributed by atoms with E-state index >= 15 is 0 Å². The fourth-order valence-electron chi connectivity index (χ4n) is 4.99. The van der Waals surface area contributed by atoms with E-state index in [1.54, 1.807) is 6.20 Å². The molecule has 2 aliphatic heterocycles. The lowest BCUT2D eigenvalue weighted by molar-refractivity contribution is -0.133. The Morgan fingerprint density at radius 2 is 1.87 bits per heavy atom. The Balaban J connectivity index is 1.37. The molecule has 1 fully saturated rings. The lowest BCUT2D eigenvalue weighted by Crippen LogP contribution is -2.49. The number of carbonyl (C=O) groups is 1. The van der Waals surface area contributed by atoms with Gasteiger partial charge in [0.15, 0.2) is 0 Å². The topological polar surface area (TPSA) is 80.4 Å². The third-order valence-electron chi connectivity index (χ3n) is 6.58. The summed E-state index contributed by atoms with van der Waals surface area (Å²) in [6.07, 6.45) is 4.91. The molecule has 0 saturated carbocycles. The summed E-state index contributed by atoms with van der Waals surface area (Å²) in [5.41, 5.74) is 3.44. The zero-order valence-electron chi connectivity index (χ0n) is 17.6. The summed E-state index contributed by atoms with van der Waals surface area (Å²) in [4.78, 5) is 32.5. The predicted octanol–water partition coefficient (Wildman–Crippen LogP) is 1.93. The molecule has 1 aromatic carbocycles. The number of hydrogen-bond donors (Lipinski definition) is 1. The van der Waals surface area contributed by atoms with Crippen LogP contribution in [0.5, 0.6) is 0 Å². The molecule has 2 bridgehead atoms. The van der Waals surface area contributed by atoms with Crippen LogP contribution in [0.15, 0.2) is 53.6 Å². The second-order valence-corrected chi connectivity index (χ2v) is 8.70. The number of pyridine rings is 1. The third kappa shape index (κ3) is 3.59. The van der Waals surface area contributed by atoms with Gasteiger partial charge in [-0.1, -0.05) is 24.3 Å². The van der Waals surface area contributed by atoms with Crippen molar-refractivity contribution in [1.29, 1.82) is 0 Å². The van der Waals surface area contributed by atoms with E-state index in [4.69, 9.17) is 0 Å². The van der Waals surface area contributed by atoms with Gasteiger partial charge in [0.1, 0.15) is 5.82 Å². The van der Waals surface area contributed by atoms with Crippen LogP contribution in [-0.4, -0.2) is 43.1 Å². The highest BCUT2D eigenvalue weighted by Crippen LogP contribution is 2.36. The Hall–Kier alpha value is -3.19. The van der Waals surface area contributed by atoms with Gasteiger partial charge >= 0.3 is 0 Å². The number of rotatable bonds is 4. The molecule has 2 aromatic heterocycles. The summed E-state index contributed by atoms with van der Waals surface area (Å²) in [6, 6.07) is 11.4. The lowest BCUT2D eigenvalue weighted by atomic mass is 9.82. The summed E-state index contributed by atoms with van der Waals surface area (Å²) in [5.74, 6) is 1.25. The van der Waals surface area contributed by atoms with Crippen molar-refractivity contribution in [3.8, 4) is 11.4 Å². The van der Waals surface area contributed by atoms with Crippen molar-refractivity contribution in [2.45, 2.75) is 31.9 Å². The Kier molecular flexibility index (Phi) is 4.98. The Morgan fingerprint density at radius 1 is 1.10 bits per heavy atom. The van der Waals surface area contributed by atoms with Crippen molar-refractivity contribution >= 4 is 5.91 Å². The van der Waals surface area contributed by atoms with Crippen molar-refractivity contribution in [3.05, 3.63) is 76.0 Å². The van der Waals surface area contributed by atoms with Crippen molar-refractivity contribution in [2.75, 3.05) is 13.1 Å². The number of hydrogen-bond acceptors (Lipinski definition) is 4. The number of imidazole rings is 1.